The van der Waals surface area contributed by atoms with Crippen molar-refractivity contribution < 1.29 is 45.0 Å². The molecule has 0 spiro atoms. The van der Waals surface area contributed by atoms with Crippen molar-refractivity contribution in [3.8, 4) is 0 Å². The molecule has 10 heteroatoms. The molecule has 160 valence electrons. The Bertz CT molecular complexity index is 399. The Labute approximate surface area is 208 Å². The second-order valence-electron chi connectivity index (χ2n) is 5.58. The molecule has 0 aliphatic rings. The van der Waals surface area contributed by atoms with Crippen LogP contribution in [0.1, 0.15) is 34.1 Å². The molecule has 0 radical (unpaired) electrons. The molecule has 0 amide bonds. The molecule has 0 aromatic heterocycles. The van der Waals surface area contributed by atoms with Crippen LogP contribution in [0, 0.1) is 5.41 Å². The van der Waals surface area contributed by atoms with Gasteiger partial charge in [0.05, 0.1) is 19.8 Å². The van der Waals surface area contributed by atoms with Crippen molar-refractivity contribution in [3.63, 3.8) is 0 Å². The van der Waals surface area contributed by atoms with Crippen LogP contribution in [0.25, 0.3) is 0 Å². The molecule has 0 heterocycles. The number of aliphatic hydroxyl groups excluding tert-OH is 3. The number of aliphatic carboxylic acids is 3. The van der Waals surface area contributed by atoms with E-state index in [-0.39, 0.29) is 87.9 Å². The third-order valence-corrected chi connectivity index (χ3v) is 2.85. The van der Waals surface area contributed by atoms with Gasteiger partial charge in [-0.1, -0.05) is 26.7 Å². The Morgan fingerprint density at radius 3 is 0.821 bits per heavy atom. The maximum absolute atomic E-state index is 9.60. The van der Waals surface area contributed by atoms with Crippen LogP contribution < -0.4 is 0 Å². The first-order valence-electron chi connectivity index (χ1n) is 7.66. The minimum absolute atomic E-state index is 0. The zero-order chi connectivity index (χ0) is 22.8. The molecule has 0 saturated carbocycles. The second-order valence-corrected chi connectivity index (χ2v) is 5.58. The van der Waals surface area contributed by atoms with E-state index in [9.17, 15) is 14.4 Å². The Morgan fingerprint density at radius 1 is 0.679 bits per heavy atom. The fourth-order valence-corrected chi connectivity index (χ4v) is 0.485. The Hall–Kier alpha value is -0.854. The molecule has 0 unspecified atom stereocenters. The Kier molecular flexibility index (Phi) is 30.3. The predicted molar refractivity (Wildman–Crippen MR) is 108 cm³/mol. The number of carbonyl (C=O) groups is 3. The molecule has 0 aliphatic carbocycles. The van der Waals surface area contributed by atoms with Gasteiger partial charge in [0.15, 0.2) is 0 Å². The fourth-order valence-electron chi connectivity index (χ4n) is 0.485. The van der Waals surface area contributed by atoms with Crippen LogP contribution >= 0.6 is 0 Å². The van der Waals surface area contributed by atoms with Gasteiger partial charge in [0.2, 0.25) is 0 Å². The van der Waals surface area contributed by atoms with Gasteiger partial charge in [-0.3, -0.25) is 0 Å². The van der Waals surface area contributed by atoms with Gasteiger partial charge in [-0.2, -0.15) is 0 Å². The molecule has 0 atom stereocenters. The Balaban J connectivity index is -0.0000000846. The SMILES string of the molecule is C=C(C)C(=O)O.C=C(C)C(=O)O.C=C(C)C(=O)O.CCC(CO)(CO)CO.[KH]. The summed E-state index contributed by atoms with van der Waals surface area (Å²) in [7, 11) is 0. The van der Waals surface area contributed by atoms with Gasteiger partial charge in [-0.05, 0) is 27.2 Å². The quantitative estimate of drug-likeness (QED) is 0.249. The van der Waals surface area contributed by atoms with E-state index >= 15 is 0 Å². The predicted octanol–water partition coefficient (Wildman–Crippen LogP) is 0.653. The van der Waals surface area contributed by atoms with Gasteiger partial charge in [-0.15, -0.1) is 0 Å². The van der Waals surface area contributed by atoms with E-state index in [1.54, 1.807) is 0 Å². The zero-order valence-electron chi connectivity index (χ0n) is 16.4. The standard InChI is InChI=1S/C6H14O3.3C4H6O2.K.H/c1-2-6(3-7,4-8)5-9;3*1-3(2)4(5)6;;/h7-9H,2-5H2,1H3;3*1H2,2H3,(H,5,6);;. The van der Waals surface area contributed by atoms with Crippen molar-refractivity contribution in [1.29, 1.82) is 0 Å². The number of carboxylic acid groups (broad SMARTS) is 3. The summed E-state index contributed by atoms with van der Waals surface area (Å²) in [6.45, 7) is 15.2. The van der Waals surface area contributed by atoms with Gasteiger partial charge < -0.3 is 30.6 Å². The first-order valence-corrected chi connectivity index (χ1v) is 7.66. The van der Waals surface area contributed by atoms with E-state index in [0.29, 0.717) is 6.42 Å². The van der Waals surface area contributed by atoms with Gasteiger partial charge >= 0.3 is 69.3 Å². The van der Waals surface area contributed by atoms with Crippen molar-refractivity contribution in [2.24, 2.45) is 5.41 Å². The molecule has 28 heavy (non-hydrogen) atoms. The van der Waals surface area contributed by atoms with Crippen LogP contribution in [0.2, 0.25) is 0 Å². The van der Waals surface area contributed by atoms with Crippen LogP contribution in [0.4, 0.5) is 0 Å². The summed E-state index contributed by atoms with van der Waals surface area (Å²) in [6.07, 6.45) is 0.594. The molecule has 0 fully saturated rings. The van der Waals surface area contributed by atoms with Gasteiger partial charge in [0.25, 0.3) is 0 Å². The number of hydrogen-bond acceptors (Lipinski definition) is 6. The van der Waals surface area contributed by atoms with E-state index in [4.69, 9.17) is 30.6 Å². The molecule has 0 rings (SSSR count). The van der Waals surface area contributed by atoms with Crippen LogP contribution in [-0.4, -0.2) is 120 Å². The van der Waals surface area contributed by atoms with Gasteiger partial charge in [0.1, 0.15) is 0 Å². The van der Waals surface area contributed by atoms with Crippen LogP contribution in [0.5, 0.6) is 0 Å². The topological polar surface area (TPSA) is 173 Å². The number of hydrogen-bond donors (Lipinski definition) is 6. The van der Waals surface area contributed by atoms with Gasteiger partial charge in [0, 0.05) is 22.1 Å². The summed E-state index contributed by atoms with van der Waals surface area (Å²) in [5.74, 6) is -2.81. The van der Waals surface area contributed by atoms with E-state index in [0.717, 1.165) is 0 Å². The van der Waals surface area contributed by atoms with E-state index in [1.165, 1.54) is 20.8 Å². The maximum atomic E-state index is 9.60. The molecular formula is C18H33KO9. The number of aliphatic hydroxyl groups is 3. The van der Waals surface area contributed by atoms with E-state index in [1.807, 2.05) is 6.92 Å². The molecule has 0 bridgehead atoms. The Morgan fingerprint density at radius 2 is 0.821 bits per heavy atom. The molecule has 9 nitrogen and oxygen atoms in total. The number of rotatable bonds is 7. The molecule has 0 aliphatic heterocycles. The summed E-state index contributed by atoms with van der Waals surface area (Å²) in [5, 5.41) is 49.6. The van der Waals surface area contributed by atoms with Crippen molar-refractivity contribution in [2.75, 3.05) is 19.8 Å². The fraction of sp³-hybridized carbons (Fsp3) is 0.500. The van der Waals surface area contributed by atoms with Crippen LogP contribution in [0.3, 0.4) is 0 Å². The summed E-state index contributed by atoms with van der Waals surface area (Å²) in [4.78, 5) is 28.8. The van der Waals surface area contributed by atoms with Crippen molar-refractivity contribution >= 4 is 69.3 Å². The summed E-state index contributed by atoms with van der Waals surface area (Å²) >= 11 is 0. The normalized spacial score (nSPS) is 8.68. The van der Waals surface area contributed by atoms with Crippen LogP contribution in [0.15, 0.2) is 36.5 Å². The first kappa shape index (κ1) is 37.8. The molecule has 0 aromatic rings. The monoisotopic (exact) mass is 432 g/mol. The van der Waals surface area contributed by atoms with E-state index in [2.05, 4.69) is 19.7 Å². The molecular weight excluding hydrogens is 399 g/mol. The van der Waals surface area contributed by atoms with Crippen molar-refractivity contribution in [3.05, 3.63) is 36.5 Å². The van der Waals surface area contributed by atoms with Crippen LogP contribution in [-0.2, 0) is 14.4 Å². The third kappa shape index (κ3) is 27.4. The summed E-state index contributed by atoms with van der Waals surface area (Å²) < 4.78 is 0. The van der Waals surface area contributed by atoms with E-state index < -0.39 is 23.3 Å². The zero-order valence-corrected chi connectivity index (χ0v) is 16.4. The summed E-state index contributed by atoms with van der Waals surface area (Å²) in [6, 6.07) is 0. The average molecular weight is 433 g/mol. The van der Waals surface area contributed by atoms with Gasteiger partial charge in [-0.25, -0.2) is 14.4 Å². The third-order valence-electron chi connectivity index (χ3n) is 2.85. The molecule has 0 aromatic carbocycles. The van der Waals surface area contributed by atoms with Crippen molar-refractivity contribution in [2.45, 2.75) is 34.1 Å². The molecule has 6 N–H and O–H groups in total. The molecule has 0 saturated heterocycles. The second kappa shape index (κ2) is 22.4. The average Bonchev–Trinajstić information content (AvgIpc) is 2.58. The number of carboxylic acids is 3. The van der Waals surface area contributed by atoms with Crippen molar-refractivity contribution in [1.82, 2.24) is 0 Å². The summed E-state index contributed by atoms with van der Waals surface area (Å²) in [5.41, 5.74) is -0.139. The minimum atomic E-state index is -0.935. The first-order chi connectivity index (χ1) is 12.2.